The van der Waals surface area contributed by atoms with Gasteiger partial charge < -0.3 is 0 Å². The SMILES string of the molecule is CN(Cc1ncn[nH]1)S(=O)(=O)c1ccc(Br)c(F)c1. The van der Waals surface area contributed by atoms with Gasteiger partial charge >= 0.3 is 0 Å². The van der Waals surface area contributed by atoms with Gasteiger partial charge in [-0.3, -0.25) is 5.10 Å². The minimum absolute atomic E-state index is 0.0278. The summed E-state index contributed by atoms with van der Waals surface area (Å²) < 4.78 is 39.1. The Bertz CT molecular complexity index is 675. The third kappa shape index (κ3) is 2.99. The molecule has 9 heteroatoms. The molecule has 0 atom stereocenters. The van der Waals surface area contributed by atoms with E-state index >= 15 is 0 Å². The van der Waals surface area contributed by atoms with Crippen LogP contribution in [0.2, 0.25) is 0 Å². The zero-order chi connectivity index (χ0) is 14.0. The minimum Gasteiger partial charge on any atom is -0.262 e. The van der Waals surface area contributed by atoms with Crippen molar-refractivity contribution in [2.75, 3.05) is 7.05 Å². The van der Waals surface area contributed by atoms with Crippen molar-refractivity contribution in [3.05, 3.63) is 40.6 Å². The molecule has 102 valence electrons. The summed E-state index contributed by atoms with van der Waals surface area (Å²) in [5, 5.41) is 6.20. The highest BCUT2D eigenvalue weighted by Gasteiger charge is 2.22. The summed E-state index contributed by atoms with van der Waals surface area (Å²) in [6.07, 6.45) is 1.29. The molecule has 0 radical (unpaired) electrons. The molecule has 0 amide bonds. The van der Waals surface area contributed by atoms with Crippen molar-refractivity contribution < 1.29 is 12.8 Å². The van der Waals surface area contributed by atoms with Crippen molar-refractivity contribution in [1.29, 1.82) is 0 Å². The average molecular weight is 349 g/mol. The topological polar surface area (TPSA) is 79.0 Å². The monoisotopic (exact) mass is 348 g/mol. The summed E-state index contributed by atoms with van der Waals surface area (Å²) in [6.45, 7) is 0.0278. The Balaban J connectivity index is 2.28. The van der Waals surface area contributed by atoms with Crippen LogP contribution in [0.5, 0.6) is 0 Å². The third-order valence-corrected chi connectivity index (χ3v) is 4.88. The number of aromatic nitrogens is 3. The van der Waals surface area contributed by atoms with Crippen LogP contribution in [-0.2, 0) is 16.6 Å². The first-order chi connectivity index (χ1) is 8.91. The van der Waals surface area contributed by atoms with Gasteiger partial charge in [-0.2, -0.15) is 9.40 Å². The molecule has 2 aromatic rings. The number of H-pyrrole nitrogens is 1. The van der Waals surface area contributed by atoms with E-state index < -0.39 is 15.8 Å². The number of sulfonamides is 1. The molecule has 1 aromatic heterocycles. The number of hydrogen-bond acceptors (Lipinski definition) is 4. The van der Waals surface area contributed by atoms with Crippen LogP contribution in [0.1, 0.15) is 5.82 Å². The maximum Gasteiger partial charge on any atom is 0.243 e. The van der Waals surface area contributed by atoms with Crippen LogP contribution in [0, 0.1) is 5.82 Å². The Morgan fingerprint density at radius 2 is 2.21 bits per heavy atom. The number of aromatic amines is 1. The Labute approximate surface area is 117 Å². The van der Waals surface area contributed by atoms with E-state index in [1.54, 1.807) is 0 Å². The van der Waals surface area contributed by atoms with E-state index in [1.807, 2.05) is 0 Å². The molecule has 2 rings (SSSR count). The lowest BCUT2D eigenvalue weighted by atomic mass is 10.3. The smallest absolute Gasteiger partial charge is 0.243 e. The van der Waals surface area contributed by atoms with Gasteiger partial charge in [0.2, 0.25) is 10.0 Å². The molecule has 6 nitrogen and oxygen atoms in total. The lowest BCUT2D eigenvalue weighted by Gasteiger charge is -2.15. The highest BCUT2D eigenvalue weighted by molar-refractivity contribution is 9.10. The predicted octanol–water partition coefficient (Wildman–Crippen LogP) is 1.53. The molecule has 0 aliphatic rings. The van der Waals surface area contributed by atoms with Crippen molar-refractivity contribution in [1.82, 2.24) is 19.5 Å². The van der Waals surface area contributed by atoms with Crippen LogP contribution in [0.4, 0.5) is 4.39 Å². The fraction of sp³-hybridized carbons (Fsp3) is 0.200. The van der Waals surface area contributed by atoms with Crippen LogP contribution < -0.4 is 0 Å². The molecule has 0 saturated carbocycles. The van der Waals surface area contributed by atoms with E-state index in [0.717, 1.165) is 10.4 Å². The highest BCUT2D eigenvalue weighted by Crippen LogP contribution is 2.21. The van der Waals surface area contributed by atoms with Gasteiger partial charge in [0.1, 0.15) is 18.0 Å². The Morgan fingerprint density at radius 1 is 1.47 bits per heavy atom. The van der Waals surface area contributed by atoms with Crippen molar-refractivity contribution >= 4 is 26.0 Å². The number of benzene rings is 1. The van der Waals surface area contributed by atoms with Gasteiger partial charge in [-0.15, -0.1) is 0 Å². The van der Waals surface area contributed by atoms with E-state index in [-0.39, 0.29) is 15.9 Å². The molecule has 0 aliphatic heterocycles. The molecule has 0 saturated heterocycles. The number of rotatable bonds is 4. The molecule has 1 heterocycles. The van der Waals surface area contributed by atoms with E-state index in [4.69, 9.17) is 0 Å². The molecule has 1 aromatic carbocycles. The van der Waals surface area contributed by atoms with Gasteiger partial charge in [-0.05, 0) is 34.1 Å². The van der Waals surface area contributed by atoms with Gasteiger partial charge in [0.25, 0.3) is 0 Å². The second kappa shape index (κ2) is 5.35. The quantitative estimate of drug-likeness (QED) is 0.908. The molecule has 0 bridgehead atoms. The normalized spacial score (nSPS) is 12.0. The summed E-state index contributed by atoms with van der Waals surface area (Å²) in [7, 11) is -2.38. The summed E-state index contributed by atoms with van der Waals surface area (Å²) in [5.74, 6) is -0.224. The number of halogens is 2. The summed E-state index contributed by atoms with van der Waals surface area (Å²) in [5.41, 5.74) is 0. The standard InChI is InChI=1S/C10H10BrFN4O2S/c1-16(5-10-13-6-14-15-10)19(17,18)7-2-3-8(11)9(12)4-7/h2-4,6H,5H2,1H3,(H,13,14,15). The van der Waals surface area contributed by atoms with Crippen molar-refractivity contribution in [3.8, 4) is 0 Å². The zero-order valence-electron chi connectivity index (χ0n) is 9.84. The fourth-order valence-corrected chi connectivity index (χ4v) is 2.81. The van der Waals surface area contributed by atoms with Crippen molar-refractivity contribution in [3.63, 3.8) is 0 Å². The van der Waals surface area contributed by atoms with E-state index in [2.05, 4.69) is 31.1 Å². The van der Waals surface area contributed by atoms with Crippen LogP contribution in [0.25, 0.3) is 0 Å². The van der Waals surface area contributed by atoms with Gasteiger partial charge in [0.05, 0.1) is 15.9 Å². The Morgan fingerprint density at radius 3 is 2.79 bits per heavy atom. The van der Waals surface area contributed by atoms with E-state index in [1.165, 1.54) is 25.5 Å². The Kier molecular flexibility index (Phi) is 3.97. The van der Waals surface area contributed by atoms with Crippen LogP contribution in [-0.4, -0.2) is 35.0 Å². The average Bonchev–Trinajstić information content (AvgIpc) is 2.85. The number of nitrogens with one attached hydrogen (secondary N) is 1. The molecular weight excluding hydrogens is 339 g/mol. The van der Waals surface area contributed by atoms with Gasteiger partial charge in [0, 0.05) is 7.05 Å². The molecule has 0 unspecified atom stereocenters. The maximum absolute atomic E-state index is 13.4. The summed E-state index contributed by atoms with van der Waals surface area (Å²) in [6, 6.07) is 3.65. The van der Waals surface area contributed by atoms with Gasteiger partial charge in [-0.1, -0.05) is 0 Å². The first kappa shape index (κ1) is 14.1. The first-order valence-electron chi connectivity index (χ1n) is 5.17. The lowest BCUT2D eigenvalue weighted by Crippen LogP contribution is -2.27. The first-order valence-corrected chi connectivity index (χ1v) is 7.40. The summed E-state index contributed by atoms with van der Waals surface area (Å²) >= 11 is 2.98. The Hall–Kier alpha value is -1.32. The third-order valence-electron chi connectivity index (χ3n) is 2.44. The molecule has 19 heavy (non-hydrogen) atoms. The second-order valence-corrected chi connectivity index (χ2v) is 6.67. The molecule has 0 aliphatic carbocycles. The molecule has 0 fully saturated rings. The highest BCUT2D eigenvalue weighted by atomic mass is 79.9. The minimum atomic E-state index is -3.77. The van der Waals surface area contributed by atoms with E-state index in [9.17, 15) is 12.8 Å². The maximum atomic E-state index is 13.4. The van der Waals surface area contributed by atoms with Gasteiger partial charge in [0.15, 0.2) is 0 Å². The van der Waals surface area contributed by atoms with Crippen LogP contribution in [0.3, 0.4) is 0 Å². The van der Waals surface area contributed by atoms with Crippen molar-refractivity contribution in [2.45, 2.75) is 11.4 Å². The fourth-order valence-electron chi connectivity index (χ4n) is 1.42. The lowest BCUT2D eigenvalue weighted by molar-refractivity contribution is 0.456. The largest absolute Gasteiger partial charge is 0.262 e. The summed E-state index contributed by atoms with van der Waals surface area (Å²) in [4.78, 5) is 3.73. The zero-order valence-corrected chi connectivity index (χ0v) is 12.2. The number of nitrogens with zero attached hydrogens (tertiary/aromatic N) is 3. The van der Waals surface area contributed by atoms with E-state index in [0.29, 0.717) is 5.82 Å². The second-order valence-electron chi connectivity index (χ2n) is 3.77. The van der Waals surface area contributed by atoms with Crippen LogP contribution in [0.15, 0.2) is 33.9 Å². The number of hydrogen-bond donors (Lipinski definition) is 1. The predicted molar refractivity (Wildman–Crippen MR) is 69.1 cm³/mol. The molecule has 1 N–H and O–H groups in total. The van der Waals surface area contributed by atoms with Gasteiger partial charge in [-0.25, -0.2) is 17.8 Å². The van der Waals surface area contributed by atoms with Crippen molar-refractivity contribution in [2.24, 2.45) is 0 Å². The van der Waals surface area contributed by atoms with Crippen LogP contribution >= 0.6 is 15.9 Å². The molecular formula is C10H10BrFN4O2S. The molecule has 0 spiro atoms.